The summed E-state index contributed by atoms with van der Waals surface area (Å²) in [7, 11) is 0. The summed E-state index contributed by atoms with van der Waals surface area (Å²) in [6.45, 7) is 3.67. The summed E-state index contributed by atoms with van der Waals surface area (Å²) in [5.74, 6) is -0.267. The molecule has 2 heterocycles. The second-order valence-electron chi connectivity index (χ2n) is 7.58. The average Bonchev–Trinajstić information content (AvgIpc) is 3.20. The zero-order chi connectivity index (χ0) is 22.7. The van der Waals surface area contributed by atoms with E-state index in [1.54, 1.807) is 26.0 Å². The molecule has 0 saturated carbocycles. The Labute approximate surface area is 190 Å². The first-order valence-corrected chi connectivity index (χ1v) is 10.6. The third-order valence-corrected chi connectivity index (χ3v) is 5.64. The fraction of sp³-hybridized carbons (Fsp3) is 0.250. The van der Waals surface area contributed by atoms with Gasteiger partial charge in [0.15, 0.2) is 5.82 Å². The average molecular weight is 452 g/mol. The highest BCUT2D eigenvalue weighted by Gasteiger charge is 2.37. The molecule has 32 heavy (non-hydrogen) atoms. The molecule has 4 rings (SSSR count). The predicted molar refractivity (Wildman–Crippen MR) is 117 cm³/mol. The van der Waals surface area contributed by atoms with Gasteiger partial charge in [0.2, 0.25) is 11.8 Å². The number of rotatable bonds is 6. The standard InChI is InChI=1S/C24H22ClN3O4/c1-15-23(24(30)31-14-17-6-4-3-5-7-17)20(18-8-10-19(25)11-9-18)12-22(29)28(15)13-21-26-16(2)27-32-21/h3-11,20H,12-14H2,1-2H3. The minimum atomic E-state index is -0.467. The van der Waals surface area contributed by atoms with Gasteiger partial charge in [0.25, 0.3) is 0 Å². The van der Waals surface area contributed by atoms with Crippen molar-refractivity contribution in [2.75, 3.05) is 0 Å². The maximum absolute atomic E-state index is 13.2. The topological polar surface area (TPSA) is 85.5 Å². The minimum Gasteiger partial charge on any atom is -0.457 e. The number of hydrogen-bond acceptors (Lipinski definition) is 6. The van der Waals surface area contributed by atoms with Gasteiger partial charge in [0.05, 0.1) is 5.57 Å². The normalized spacial score (nSPS) is 16.4. The third-order valence-electron chi connectivity index (χ3n) is 5.39. The van der Waals surface area contributed by atoms with Crippen LogP contribution >= 0.6 is 11.6 Å². The molecule has 1 aliphatic rings. The second-order valence-corrected chi connectivity index (χ2v) is 8.02. The molecule has 0 bridgehead atoms. The summed E-state index contributed by atoms with van der Waals surface area (Å²) >= 11 is 6.04. The molecule has 0 N–H and O–H groups in total. The number of esters is 1. The number of benzene rings is 2. The number of carbonyl (C=O) groups excluding carboxylic acids is 2. The van der Waals surface area contributed by atoms with E-state index < -0.39 is 11.9 Å². The lowest BCUT2D eigenvalue weighted by Crippen LogP contribution is -2.38. The molecule has 0 radical (unpaired) electrons. The second kappa shape index (κ2) is 9.36. The predicted octanol–water partition coefficient (Wildman–Crippen LogP) is 4.56. The maximum atomic E-state index is 13.2. The molecule has 1 amide bonds. The summed E-state index contributed by atoms with van der Waals surface area (Å²) in [6, 6.07) is 16.6. The molecule has 0 spiro atoms. The van der Waals surface area contributed by atoms with Gasteiger partial charge in [-0.25, -0.2) is 4.79 Å². The molecule has 2 aromatic carbocycles. The lowest BCUT2D eigenvalue weighted by Gasteiger charge is -2.33. The number of carbonyl (C=O) groups is 2. The number of hydrogen-bond donors (Lipinski definition) is 0. The highest BCUT2D eigenvalue weighted by atomic mass is 35.5. The maximum Gasteiger partial charge on any atom is 0.336 e. The molecule has 0 aliphatic carbocycles. The van der Waals surface area contributed by atoms with Crippen LogP contribution in [0.5, 0.6) is 0 Å². The summed E-state index contributed by atoms with van der Waals surface area (Å²) in [5, 5.41) is 4.36. The number of ether oxygens (including phenoxy) is 1. The lowest BCUT2D eigenvalue weighted by atomic mass is 9.83. The van der Waals surface area contributed by atoms with Crippen LogP contribution in [0.1, 0.15) is 42.1 Å². The Morgan fingerprint density at radius 1 is 1.16 bits per heavy atom. The molecule has 0 saturated heterocycles. The van der Waals surface area contributed by atoms with Gasteiger partial charge in [0.1, 0.15) is 13.2 Å². The molecule has 1 atom stereocenters. The number of aryl methyl sites for hydroxylation is 1. The van der Waals surface area contributed by atoms with E-state index >= 15 is 0 Å². The Hall–Kier alpha value is -3.45. The Morgan fingerprint density at radius 3 is 2.53 bits per heavy atom. The number of aromatic nitrogens is 2. The van der Waals surface area contributed by atoms with E-state index in [9.17, 15) is 9.59 Å². The van der Waals surface area contributed by atoms with E-state index in [0.717, 1.165) is 11.1 Å². The fourth-order valence-corrected chi connectivity index (χ4v) is 3.91. The fourth-order valence-electron chi connectivity index (χ4n) is 3.79. The first-order valence-electron chi connectivity index (χ1n) is 10.2. The van der Waals surface area contributed by atoms with Crippen LogP contribution in [0.4, 0.5) is 0 Å². The van der Waals surface area contributed by atoms with E-state index in [4.69, 9.17) is 20.9 Å². The monoisotopic (exact) mass is 451 g/mol. The van der Waals surface area contributed by atoms with Crippen molar-refractivity contribution in [1.29, 1.82) is 0 Å². The SMILES string of the molecule is CC1=C(C(=O)OCc2ccccc2)C(c2ccc(Cl)cc2)CC(=O)N1Cc1nc(C)no1. The largest absolute Gasteiger partial charge is 0.457 e. The zero-order valence-electron chi connectivity index (χ0n) is 17.7. The van der Waals surface area contributed by atoms with Gasteiger partial charge in [-0.15, -0.1) is 0 Å². The first-order chi connectivity index (χ1) is 15.4. The quantitative estimate of drug-likeness (QED) is 0.510. The van der Waals surface area contributed by atoms with Crippen molar-refractivity contribution in [2.45, 2.75) is 39.3 Å². The number of allylic oxidation sites excluding steroid dienone is 1. The van der Waals surface area contributed by atoms with Gasteiger partial charge in [-0.05, 0) is 37.1 Å². The van der Waals surface area contributed by atoms with Crippen LogP contribution in [-0.2, 0) is 27.5 Å². The van der Waals surface area contributed by atoms with E-state index in [2.05, 4.69) is 10.1 Å². The van der Waals surface area contributed by atoms with Gasteiger partial charge in [-0.2, -0.15) is 4.98 Å². The molecule has 164 valence electrons. The highest BCUT2D eigenvalue weighted by molar-refractivity contribution is 6.30. The van der Waals surface area contributed by atoms with Crippen molar-refractivity contribution in [3.05, 3.63) is 93.7 Å². The van der Waals surface area contributed by atoms with Crippen molar-refractivity contribution in [2.24, 2.45) is 0 Å². The molecule has 8 heteroatoms. The Morgan fingerprint density at radius 2 is 1.88 bits per heavy atom. The summed E-state index contributed by atoms with van der Waals surface area (Å²) in [4.78, 5) is 32.0. The molecule has 3 aromatic rings. The van der Waals surface area contributed by atoms with Crippen LogP contribution in [0.25, 0.3) is 0 Å². The van der Waals surface area contributed by atoms with Crippen molar-refractivity contribution in [1.82, 2.24) is 15.0 Å². The molecular weight excluding hydrogens is 430 g/mol. The van der Waals surface area contributed by atoms with Crippen LogP contribution in [0, 0.1) is 6.92 Å². The molecule has 7 nitrogen and oxygen atoms in total. The van der Waals surface area contributed by atoms with Gasteiger partial charge in [0, 0.05) is 23.1 Å². The van der Waals surface area contributed by atoms with Crippen molar-refractivity contribution < 1.29 is 18.8 Å². The van der Waals surface area contributed by atoms with Crippen LogP contribution < -0.4 is 0 Å². The van der Waals surface area contributed by atoms with Gasteiger partial charge < -0.3 is 14.2 Å². The Balaban J connectivity index is 1.67. The molecule has 1 aliphatic heterocycles. The van der Waals surface area contributed by atoms with Crippen LogP contribution in [-0.4, -0.2) is 26.9 Å². The molecular formula is C24H22ClN3O4. The Kier molecular flexibility index (Phi) is 6.37. The summed E-state index contributed by atoms with van der Waals surface area (Å²) < 4.78 is 10.8. The van der Waals surface area contributed by atoms with Gasteiger partial charge in [-0.1, -0.05) is 59.2 Å². The van der Waals surface area contributed by atoms with Gasteiger partial charge >= 0.3 is 5.97 Å². The smallest absolute Gasteiger partial charge is 0.336 e. The van der Waals surface area contributed by atoms with E-state index in [-0.39, 0.29) is 25.5 Å². The van der Waals surface area contributed by atoms with E-state index in [0.29, 0.717) is 28.0 Å². The summed E-state index contributed by atoms with van der Waals surface area (Å²) in [5.41, 5.74) is 2.64. The van der Waals surface area contributed by atoms with Crippen LogP contribution in [0.2, 0.25) is 5.02 Å². The summed E-state index contributed by atoms with van der Waals surface area (Å²) in [6.07, 6.45) is 0.113. The van der Waals surface area contributed by atoms with Crippen molar-refractivity contribution >= 4 is 23.5 Å². The van der Waals surface area contributed by atoms with Crippen molar-refractivity contribution in [3.63, 3.8) is 0 Å². The number of nitrogens with zero attached hydrogens (tertiary/aromatic N) is 3. The van der Waals surface area contributed by atoms with E-state index in [1.165, 1.54) is 4.90 Å². The molecule has 1 unspecified atom stereocenters. The van der Waals surface area contributed by atoms with Crippen LogP contribution in [0.15, 0.2) is 70.4 Å². The molecule has 0 fully saturated rings. The zero-order valence-corrected chi connectivity index (χ0v) is 18.5. The number of halogens is 1. The minimum absolute atomic E-state index is 0.0916. The highest BCUT2D eigenvalue weighted by Crippen LogP contribution is 2.38. The van der Waals surface area contributed by atoms with Crippen LogP contribution in [0.3, 0.4) is 0 Å². The third kappa shape index (κ3) is 4.73. The number of amides is 1. The molecule has 1 aromatic heterocycles. The lowest BCUT2D eigenvalue weighted by molar-refractivity contribution is -0.141. The van der Waals surface area contributed by atoms with E-state index in [1.807, 2.05) is 42.5 Å². The first kappa shape index (κ1) is 21.8. The Bertz CT molecular complexity index is 1160. The van der Waals surface area contributed by atoms with Crippen molar-refractivity contribution in [3.8, 4) is 0 Å². The van der Waals surface area contributed by atoms with Gasteiger partial charge in [-0.3, -0.25) is 4.79 Å².